The van der Waals surface area contributed by atoms with Crippen LogP contribution in [0.2, 0.25) is 10.0 Å². The molecule has 2 atom stereocenters. The quantitative estimate of drug-likeness (QED) is 0.361. The van der Waals surface area contributed by atoms with Gasteiger partial charge in [0.1, 0.15) is 12.4 Å². The van der Waals surface area contributed by atoms with Crippen molar-refractivity contribution in [2.75, 3.05) is 40.4 Å². The molecule has 1 saturated heterocycles. The van der Waals surface area contributed by atoms with Crippen molar-refractivity contribution in [2.45, 2.75) is 55.5 Å². The average Bonchev–Trinajstić information content (AvgIpc) is 3.40. The van der Waals surface area contributed by atoms with Crippen molar-refractivity contribution < 1.29 is 22.3 Å². The largest absolute Gasteiger partial charge is 0.370 e. The molecule has 1 aliphatic heterocycles. The van der Waals surface area contributed by atoms with Gasteiger partial charge in [-0.15, -0.1) is 0 Å². The minimum absolute atomic E-state index is 0.0934. The van der Waals surface area contributed by atoms with Gasteiger partial charge < -0.3 is 15.0 Å². The first-order chi connectivity index (χ1) is 19.1. The lowest BCUT2D eigenvalue weighted by atomic mass is 9.76. The Labute approximate surface area is 247 Å². The van der Waals surface area contributed by atoms with E-state index in [1.165, 1.54) is 34.6 Å². The molecule has 1 amide bonds. The molecule has 4 rings (SSSR count). The summed E-state index contributed by atoms with van der Waals surface area (Å²) < 4.78 is 46.8. The summed E-state index contributed by atoms with van der Waals surface area (Å²) >= 11 is 12.0. The third-order valence-electron chi connectivity index (χ3n) is 8.06. The number of sulfonamides is 1. The van der Waals surface area contributed by atoms with Crippen LogP contribution in [0.1, 0.15) is 50.1 Å². The summed E-state index contributed by atoms with van der Waals surface area (Å²) in [7, 11) is 0.378. The van der Waals surface area contributed by atoms with Crippen molar-refractivity contribution >= 4 is 39.1 Å². The van der Waals surface area contributed by atoms with Crippen LogP contribution in [-0.2, 0) is 19.6 Å². The van der Waals surface area contributed by atoms with Crippen LogP contribution >= 0.6 is 23.2 Å². The highest BCUT2D eigenvalue weighted by atomic mass is 35.5. The van der Waals surface area contributed by atoms with Gasteiger partial charge in [0.15, 0.2) is 0 Å². The predicted molar refractivity (Wildman–Crippen MR) is 155 cm³/mol. The lowest BCUT2D eigenvalue weighted by Crippen LogP contribution is -2.39. The third-order valence-corrected chi connectivity index (χ3v) is 10.7. The Hall–Kier alpha value is -1.75. The van der Waals surface area contributed by atoms with Crippen molar-refractivity contribution in [3.05, 3.63) is 63.9 Å². The van der Waals surface area contributed by atoms with Gasteiger partial charge in [0.05, 0.1) is 21.5 Å². The fourth-order valence-electron chi connectivity index (χ4n) is 6.02. The fraction of sp³-hybridized carbons (Fsp3) is 0.552. The van der Waals surface area contributed by atoms with Gasteiger partial charge in [0.2, 0.25) is 15.9 Å². The van der Waals surface area contributed by atoms with Crippen molar-refractivity contribution in [1.82, 2.24) is 14.5 Å². The third kappa shape index (κ3) is 7.75. The minimum atomic E-state index is -3.75. The predicted octanol–water partition coefficient (Wildman–Crippen LogP) is 5.53. The smallest absolute Gasteiger partial charge is 0.246 e. The van der Waals surface area contributed by atoms with E-state index in [4.69, 9.17) is 27.9 Å². The summed E-state index contributed by atoms with van der Waals surface area (Å²) in [6, 6.07) is 11.0. The van der Waals surface area contributed by atoms with Crippen molar-refractivity contribution in [3.63, 3.8) is 0 Å². The van der Waals surface area contributed by atoms with Gasteiger partial charge in [0.25, 0.3) is 0 Å². The number of rotatable bonds is 11. The van der Waals surface area contributed by atoms with Crippen LogP contribution in [-0.4, -0.2) is 70.0 Å². The van der Waals surface area contributed by atoms with E-state index in [0.717, 1.165) is 37.7 Å². The molecular formula is C29H38Cl2FN3O4S. The molecule has 0 radical (unpaired) electrons. The number of amides is 1. The highest BCUT2D eigenvalue weighted by Gasteiger charge is 2.36. The molecule has 0 bridgehead atoms. The van der Waals surface area contributed by atoms with E-state index in [0.29, 0.717) is 36.4 Å². The van der Waals surface area contributed by atoms with Crippen molar-refractivity contribution in [2.24, 2.45) is 11.8 Å². The summed E-state index contributed by atoms with van der Waals surface area (Å²) in [5.41, 5.74) is 1.13. The molecule has 0 aromatic heterocycles. The van der Waals surface area contributed by atoms with Gasteiger partial charge in [-0.1, -0.05) is 35.3 Å². The van der Waals surface area contributed by atoms with E-state index in [1.54, 1.807) is 0 Å². The van der Waals surface area contributed by atoms with Crippen LogP contribution in [0.5, 0.6) is 0 Å². The summed E-state index contributed by atoms with van der Waals surface area (Å²) in [6.07, 6.45) is 5.50. The van der Waals surface area contributed by atoms with Gasteiger partial charge in [-0.25, -0.2) is 12.8 Å². The van der Waals surface area contributed by atoms with Crippen LogP contribution in [0.15, 0.2) is 47.4 Å². The highest BCUT2D eigenvalue weighted by Crippen LogP contribution is 2.39. The van der Waals surface area contributed by atoms with E-state index < -0.39 is 10.0 Å². The van der Waals surface area contributed by atoms with Crippen molar-refractivity contribution in [1.29, 1.82) is 0 Å². The molecule has 1 saturated carbocycles. The Morgan fingerprint density at radius 2 is 1.77 bits per heavy atom. The summed E-state index contributed by atoms with van der Waals surface area (Å²) in [5.74, 6) is 0.457. The van der Waals surface area contributed by atoms with E-state index in [9.17, 15) is 17.6 Å². The number of ether oxygens (including phenoxy) is 1. The topological polar surface area (TPSA) is 79.0 Å². The molecule has 2 unspecified atom stereocenters. The summed E-state index contributed by atoms with van der Waals surface area (Å²) in [5, 5.41) is 3.47. The number of nitrogens with one attached hydrogen (secondary N) is 1. The number of halogens is 3. The van der Waals surface area contributed by atoms with Gasteiger partial charge in [0, 0.05) is 25.2 Å². The van der Waals surface area contributed by atoms with Crippen LogP contribution in [0.25, 0.3) is 0 Å². The zero-order valence-electron chi connectivity index (χ0n) is 23.0. The molecule has 11 heteroatoms. The molecule has 220 valence electrons. The van der Waals surface area contributed by atoms with E-state index in [1.807, 2.05) is 12.1 Å². The van der Waals surface area contributed by atoms with Crippen LogP contribution in [0, 0.1) is 17.7 Å². The number of benzene rings is 2. The van der Waals surface area contributed by atoms with Crippen molar-refractivity contribution in [3.8, 4) is 0 Å². The molecule has 1 heterocycles. The zero-order valence-corrected chi connectivity index (χ0v) is 25.3. The lowest BCUT2D eigenvalue weighted by molar-refractivity contribution is -0.126. The van der Waals surface area contributed by atoms with Crippen LogP contribution in [0.3, 0.4) is 0 Å². The van der Waals surface area contributed by atoms with Gasteiger partial charge in [-0.2, -0.15) is 4.31 Å². The Balaban J connectivity index is 1.20. The molecule has 1 aliphatic carbocycles. The fourth-order valence-corrected chi connectivity index (χ4v) is 8.09. The molecule has 7 nitrogen and oxygen atoms in total. The van der Waals surface area contributed by atoms with Crippen LogP contribution < -0.4 is 5.32 Å². The first kappa shape index (κ1) is 31.2. The van der Waals surface area contributed by atoms with E-state index >= 15 is 0 Å². The normalized spacial score (nSPS) is 22.9. The number of carbonyl (C=O) groups is 1. The monoisotopic (exact) mass is 613 g/mol. The number of carbonyl (C=O) groups excluding carboxylic acids is 1. The minimum Gasteiger partial charge on any atom is -0.370 e. The molecular weight excluding hydrogens is 576 g/mol. The first-order valence-electron chi connectivity index (χ1n) is 13.8. The van der Waals surface area contributed by atoms with E-state index in [-0.39, 0.29) is 46.9 Å². The Morgan fingerprint density at radius 1 is 1.07 bits per heavy atom. The Bertz CT molecular complexity index is 1250. The SMILES string of the molecule is CN(C)C(c1ccc(F)cc1)C1CCC(CNC(=O)COCC2CCCN2S(=O)(=O)c2ccc(Cl)c(Cl)c2)CC1. The number of nitrogens with zero attached hydrogens (tertiary/aromatic N) is 2. The Kier molecular flexibility index (Phi) is 10.9. The van der Waals surface area contributed by atoms with Gasteiger partial charge >= 0.3 is 0 Å². The second kappa shape index (κ2) is 13.9. The second-order valence-corrected chi connectivity index (χ2v) is 13.8. The molecule has 2 fully saturated rings. The maximum Gasteiger partial charge on any atom is 0.246 e. The Morgan fingerprint density at radius 3 is 2.42 bits per heavy atom. The molecule has 1 N–H and O–H groups in total. The van der Waals surface area contributed by atoms with E-state index in [2.05, 4.69) is 24.3 Å². The average molecular weight is 615 g/mol. The molecule has 2 aromatic rings. The number of hydrogen-bond donors (Lipinski definition) is 1. The second-order valence-electron chi connectivity index (χ2n) is 11.0. The molecule has 2 aliphatic rings. The zero-order chi connectivity index (χ0) is 28.9. The van der Waals surface area contributed by atoms with Gasteiger partial charge in [-0.05, 0) is 100 Å². The summed E-state index contributed by atoms with van der Waals surface area (Å²) in [6.45, 7) is 1.02. The van der Waals surface area contributed by atoms with Gasteiger partial charge in [-0.3, -0.25) is 4.79 Å². The first-order valence-corrected chi connectivity index (χ1v) is 16.0. The number of hydrogen-bond acceptors (Lipinski definition) is 5. The molecule has 0 spiro atoms. The maximum absolute atomic E-state index is 13.4. The maximum atomic E-state index is 13.4. The molecule has 40 heavy (non-hydrogen) atoms. The lowest BCUT2D eigenvalue weighted by Gasteiger charge is -2.37. The summed E-state index contributed by atoms with van der Waals surface area (Å²) in [4.78, 5) is 14.8. The van der Waals surface area contributed by atoms with Crippen LogP contribution in [0.4, 0.5) is 4.39 Å². The molecule has 2 aromatic carbocycles. The standard InChI is InChI=1S/C29H38Cl2FN3O4S/c1-34(2)29(22-9-11-23(32)12-10-22)21-7-5-20(6-8-21)17-33-28(36)19-39-18-24-4-3-15-35(24)40(37,38)25-13-14-26(30)27(31)16-25/h9-14,16,20-21,24,29H,3-8,15,17-19H2,1-2H3,(H,33,36). The highest BCUT2D eigenvalue weighted by molar-refractivity contribution is 7.89.